The SMILES string of the molecule is CC(C)c1nn2nc(C(C)CN[SH](=O)=O)[nH]c2c1N=Nc1ncns1. The van der Waals surface area contributed by atoms with Gasteiger partial charge in [-0.1, -0.05) is 20.8 Å². The molecule has 25 heavy (non-hydrogen) atoms. The summed E-state index contributed by atoms with van der Waals surface area (Å²) in [5.41, 5.74) is 1.94. The number of hydrogen-bond donors (Lipinski definition) is 3. The van der Waals surface area contributed by atoms with Crippen LogP contribution in [0.5, 0.6) is 0 Å². The van der Waals surface area contributed by atoms with Crippen molar-refractivity contribution in [3.8, 4) is 0 Å². The first kappa shape index (κ1) is 17.6. The molecule has 0 saturated carbocycles. The molecule has 3 heterocycles. The summed E-state index contributed by atoms with van der Waals surface area (Å²) in [6.07, 6.45) is 1.42. The van der Waals surface area contributed by atoms with Crippen molar-refractivity contribution in [3.05, 3.63) is 17.8 Å². The van der Waals surface area contributed by atoms with Crippen molar-refractivity contribution in [2.45, 2.75) is 32.6 Å². The van der Waals surface area contributed by atoms with E-state index in [4.69, 9.17) is 0 Å². The molecule has 1 unspecified atom stereocenters. The van der Waals surface area contributed by atoms with Gasteiger partial charge in [-0.15, -0.1) is 20.0 Å². The van der Waals surface area contributed by atoms with Gasteiger partial charge in [-0.05, 0) is 5.92 Å². The van der Waals surface area contributed by atoms with Gasteiger partial charge in [-0.25, -0.2) is 18.1 Å². The summed E-state index contributed by atoms with van der Waals surface area (Å²) in [5, 5.41) is 17.7. The van der Waals surface area contributed by atoms with E-state index in [1.807, 2.05) is 20.8 Å². The van der Waals surface area contributed by atoms with Crippen molar-refractivity contribution in [1.82, 2.24) is 33.9 Å². The van der Waals surface area contributed by atoms with Crippen LogP contribution in [0, 0.1) is 0 Å². The zero-order valence-corrected chi connectivity index (χ0v) is 15.5. The summed E-state index contributed by atoms with van der Waals surface area (Å²) in [6, 6.07) is 0. The van der Waals surface area contributed by atoms with Crippen molar-refractivity contribution < 1.29 is 8.42 Å². The fraction of sp³-hybridized carbons (Fsp3) is 0.500. The number of nitrogens with one attached hydrogen (secondary N) is 2. The maximum atomic E-state index is 10.7. The van der Waals surface area contributed by atoms with Gasteiger partial charge in [0, 0.05) is 24.0 Å². The summed E-state index contributed by atoms with van der Waals surface area (Å²) in [7, 11) is -2.64. The third-order valence-electron chi connectivity index (χ3n) is 3.44. The Balaban J connectivity index is 1.96. The molecule has 3 aromatic heterocycles. The second-order valence-corrected chi connectivity index (χ2v) is 7.27. The zero-order valence-electron chi connectivity index (χ0n) is 13.7. The molecule has 11 nitrogen and oxygen atoms in total. The van der Waals surface area contributed by atoms with E-state index in [1.54, 1.807) is 0 Å². The second-order valence-electron chi connectivity index (χ2n) is 5.68. The van der Waals surface area contributed by atoms with Crippen LogP contribution in [0.15, 0.2) is 16.6 Å². The highest BCUT2D eigenvalue weighted by Crippen LogP contribution is 2.32. The van der Waals surface area contributed by atoms with Gasteiger partial charge in [-0.3, -0.25) is 0 Å². The van der Waals surface area contributed by atoms with Crippen LogP contribution in [0.1, 0.15) is 44.1 Å². The van der Waals surface area contributed by atoms with Crippen LogP contribution < -0.4 is 4.72 Å². The molecule has 0 amide bonds. The number of aromatic nitrogens is 6. The lowest BCUT2D eigenvalue weighted by atomic mass is 10.1. The molecule has 0 spiro atoms. The van der Waals surface area contributed by atoms with Crippen LogP contribution >= 0.6 is 11.5 Å². The van der Waals surface area contributed by atoms with E-state index in [9.17, 15) is 8.42 Å². The van der Waals surface area contributed by atoms with Crippen molar-refractivity contribution in [2.75, 3.05) is 6.54 Å². The molecule has 2 N–H and O–H groups in total. The molecule has 0 fully saturated rings. The minimum Gasteiger partial charge on any atom is -0.323 e. The Morgan fingerprint density at radius 2 is 2.12 bits per heavy atom. The van der Waals surface area contributed by atoms with E-state index >= 15 is 0 Å². The molecule has 0 bridgehead atoms. The first-order valence-corrected chi connectivity index (χ1v) is 9.46. The fourth-order valence-electron chi connectivity index (χ4n) is 2.17. The van der Waals surface area contributed by atoms with Gasteiger partial charge in [0.1, 0.15) is 12.2 Å². The Bertz CT molecular complexity index is 947. The lowest BCUT2D eigenvalue weighted by Crippen LogP contribution is -2.19. The minimum absolute atomic E-state index is 0.130. The number of azo groups is 1. The number of rotatable bonds is 7. The summed E-state index contributed by atoms with van der Waals surface area (Å²) >= 11 is 1.14. The van der Waals surface area contributed by atoms with E-state index in [0.29, 0.717) is 22.3 Å². The molecule has 3 aromatic rings. The summed E-state index contributed by atoms with van der Waals surface area (Å²) < 4.78 is 29.1. The predicted molar refractivity (Wildman–Crippen MR) is 92.2 cm³/mol. The highest BCUT2D eigenvalue weighted by molar-refractivity contribution is 7.70. The van der Waals surface area contributed by atoms with Crippen molar-refractivity contribution in [1.29, 1.82) is 0 Å². The normalized spacial score (nSPS) is 13.6. The average Bonchev–Trinajstić information content (AvgIpc) is 3.26. The van der Waals surface area contributed by atoms with Crippen molar-refractivity contribution in [2.24, 2.45) is 10.2 Å². The monoisotopic (exact) mass is 383 g/mol. The predicted octanol–water partition coefficient (Wildman–Crippen LogP) is 1.67. The average molecular weight is 383 g/mol. The number of fused-ring (bicyclic) bond motifs is 1. The van der Waals surface area contributed by atoms with E-state index < -0.39 is 10.9 Å². The van der Waals surface area contributed by atoms with Crippen LogP contribution in [0.3, 0.4) is 0 Å². The molecule has 0 saturated heterocycles. The highest BCUT2D eigenvalue weighted by Gasteiger charge is 2.21. The first-order chi connectivity index (χ1) is 12.0. The Labute approximate surface area is 148 Å². The minimum atomic E-state index is -2.64. The van der Waals surface area contributed by atoms with E-state index in [2.05, 4.69) is 39.5 Å². The van der Waals surface area contributed by atoms with Gasteiger partial charge >= 0.3 is 0 Å². The van der Waals surface area contributed by atoms with Crippen LogP contribution in [0.4, 0.5) is 10.8 Å². The number of aromatic amines is 1. The van der Waals surface area contributed by atoms with Gasteiger partial charge < -0.3 is 4.98 Å². The Kier molecular flexibility index (Phi) is 5.15. The number of nitrogens with zero attached hydrogens (tertiary/aromatic N) is 7. The molecule has 13 heteroatoms. The number of hydrogen-bond acceptors (Lipinski definition) is 9. The molecule has 3 rings (SSSR count). The quantitative estimate of drug-likeness (QED) is 0.418. The van der Waals surface area contributed by atoms with Gasteiger partial charge in [0.2, 0.25) is 16.0 Å². The van der Waals surface area contributed by atoms with Gasteiger partial charge in [0.15, 0.2) is 11.3 Å². The first-order valence-electron chi connectivity index (χ1n) is 7.50. The second kappa shape index (κ2) is 7.33. The van der Waals surface area contributed by atoms with Crippen LogP contribution in [-0.4, -0.2) is 44.1 Å². The third kappa shape index (κ3) is 3.88. The van der Waals surface area contributed by atoms with Crippen LogP contribution in [0.25, 0.3) is 5.65 Å². The molecule has 1 atom stereocenters. The lowest BCUT2D eigenvalue weighted by Gasteiger charge is -2.05. The smallest absolute Gasteiger partial charge is 0.249 e. The maximum absolute atomic E-state index is 10.7. The van der Waals surface area contributed by atoms with Gasteiger partial charge in [0.05, 0.1) is 5.69 Å². The Morgan fingerprint density at radius 1 is 1.32 bits per heavy atom. The largest absolute Gasteiger partial charge is 0.323 e. The summed E-state index contributed by atoms with van der Waals surface area (Å²) in [4.78, 5) is 7.13. The highest BCUT2D eigenvalue weighted by atomic mass is 32.2. The Morgan fingerprint density at radius 3 is 2.76 bits per heavy atom. The molecule has 0 aliphatic heterocycles. The number of thiol groups is 1. The number of H-pyrrole nitrogens is 1. The molecule has 0 aliphatic carbocycles. The standard InChI is InChI=1S/C12H17N9O2S2/c1-6(2)8-9(17-18-12-13-5-14-24-12)11-16-10(20-21(11)19-8)7(3)4-15-25(22)23/h5-7,25H,4H2,1-3H3,(H,16,20)(H,15,22,23). The molecular formula is C12H17N9O2S2. The molecule has 0 aliphatic rings. The van der Waals surface area contributed by atoms with E-state index in [1.165, 1.54) is 11.0 Å². The molecule has 0 radical (unpaired) electrons. The third-order valence-corrected chi connectivity index (χ3v) is 4.43. The van der Waals surface area contributed by atoms with Crippen LogP contribution in [-0.2, 0) is 10.9 Å². The molecule has 0 aromatic carbocycles. The lowest BCUT2D eigenvalue weighted by molar-refractivity contribution is 0.589. The van der Waals surface area contributed by atoms with E-state index in [0.717, 1.165) is 17.2 Å². The topological polar surface area (TPSA) is 143 Å². The molecular weight excluding hydrogens is 366 g/mol. The molecule has 134 valence electrons. The summed E-state index contributed by atoms with van der Waals surface area (Å²) in [6.45, 7) is 6.11. The summed E-state index contributed by atoms with van der Waals surface area (Å²) in [5.74, 6) is 0.588. The van der Waals surface area contributed by atoms with Crippen molar-refractivity contribution in [3.63, 3.8) is 0 Å². The van der Waals surface area contributed by atoms with Crippen LogP contribution in [0.2, 0.25) is 0 Å². The maximum Gasteiger partial charge on any atom is 0.249 e. The Hall–Kier alpha value is -2.25. The zero-order chi connectivity index (χ0) is 18.0. The van der Waals surface area contributed by atoms with Gasteiger partial charge in [0.25, 0.3) is 0 Å². The fourth-order valence-corrected chi connectivity index (χ4v) is 2.95. The van der Waals surface area contributed by atoms with E-state index in [-0.39, 0.29) is 18.4 Å². The van der Waals surface area contributed by atoms with Crippen molar-refractivity contribution >= 4 is 38.9 Å². The van der Waals surface area contributed by atoms with Gasteiger partial charge in [-0.2, -0.15) is 9.47 Å².